The van der Waals surface area contributed by atoms with Crippen LogP contribution in [0.5, 0.6) is 0 Å². The zero-order valence-electron chi connectivity index (χ0n) is 13.1. The van der Waals surface area contributed by atoms with Crippen molar-refractivity contribution >= 4 is 6.09 Å². The highest BCUT2D eigenvalue weighted by Gasteiger charge is 2.42. The molecule has 19 heavy (non-hydrogen) atoms. The first-order chi connectivity index (χ1) is 8.70. The molecule has 0 saturated heterocycles. The van der Waals surface area contributed by atoms with Gasteiger partial charge in [-0.25, -0.2) is 4.79 Å². The number of carbonyl (C=O) groups is 1. The summed E-state index contributed by atoms with van der Waals surface area (Å²) >= 11 is 0. The third-order valence-electron chi connectivity index (χ3n) is 4.00. The van der Waals surface area contributed by atoms with Crippen LogP contribution in [0, 0.1) is 11.3 Å². The SMILES string of the molecule is CC(C)C(NC(=O)OC(C)(C)C)C1(CN)CCCC1. The predicted octanol–water partition coefficient (Wildman–Crippen LogP) is 3.05. The van der Waals surface area contributed by atoms with E-state index in [1.807, 2.05) is 20.8 Å². The van der Waals surface area contributed by atoms with Gasteiger partial charge in [0.2, 0.25) is 0 Å². The van der Waals surface area contributed by atoms with Gasteiger partial charge in [-0.1, -0.05) is 26.7 Å². The summed E-state index contributed by atoms with van der Waals surface area (Å²) in [5.41, 5.74) is 5.60. The summed E-state index contributed by atoms with van der Waals surface area (Å²) in [5.74, 6) is 0.356. The second kappa shape index (κ2) is 6.12. The van der Waals surface area contributed by atoms with Crippen LogP contribution in [0.3, 0.4) is 0 Å². The lowest BCUT2D eigenvalue weighted by atomic mass is 9.74. The van der Waals surface area contributed by atoms with Crippen molar-refractivity contribution in [3.05, 3.63) is 0 Å². The van der Waals surface area contributed by atoms with Crippen molar-refractivity contribution in [1.29, 1.82) is 0 Å². The Bertz CT molecular complexity index is 302. The number of carbonyl (C=O) groups excluding carboxylic acids is 1. The molecule has 4 nitrogen and oxygen atoms in total. The fourth-order valence-corrected chi connectivity index (χ4v) is 3.18. The summed E-state index contributed by atoms with van der Waals surface area (Å²) in [6.07, 6.45) is 4.28. The van der Waals surface area contributed by atoms with Gasteiger partial charge in [-0.05, 0) is 46.1 Å². The summed E-state index contributed by atoms with van der Waals surface area (Å²) in [6.45, 7) is 10.5. The molecule has 1 saturated carbocycles. The van der Waals surface area contributed by atoms with Crippen LogP contribution in [0.15, 0.2) is 0 Å². The van der Waals surface area contributed by atoms with Gasteiger partial charge in [-0.3, -0.25) is 0 Å². The molecule has 0 spiro atoms. The maximum atomic E-state index is 12.0. The Kier molecular flexibility index (Phi) is 5.25. The third kappa shape index (κ3) is 4.37. The highest BCUT2D eigenvalue weighted by atomic mass is 16.6. The Balaban J connectivity index is 2.75. The number of hydrogen-bond donors (Lipinski definition) is 2. The molecule has 0 heterocycles. The second-order valence-electron chi connectivity index (χ2n) is 7.14. The van der Waals surface area contributed by atoms with Crippen LogP contribution in [0.2, 0.25) is 0 Å². The number of ether oxygens (including phenoxy) is 1. The van der Waals surface area contributed by atoms with Crippen molar-refractivity contribution < 1.29 is 9.53 Å². The van der Waals surface area contributed by atoms with E-state index in [0.717, 1.165) is 12.8 Å². The third-order valence-corrected chi connectivity index (χ3v) is 4.00. The molecule has 0 aromatic carbocycles. The first-order valence-corrected chi connectivity index (χ1v) is 7.40. The van der Waals surface area contributed by atoms with Gasteiger partial charge in [-0.2, -0.15) is 0 Å². The van der Waals surface area contributed by atoms with Crippen LogP contribution in [0.25, 0.3) is 0 Å². The average Bonchev–Trinajstić information content (AvgIpc) is 2.72. The van der Waals surface area contributed by atoms with Gasteiger partial charge >= 0.3 is 6.09 Å². The Morgan fingerprint density at radius 2 is 1.84 bits per heavy atom. The summed E-state index contributed by atoms with van der Waals surface area (Å²) < 4.78 is 5.38. The van der Waals surface area contributed by atoms with Crippen molar-refractivity contribution in [1.82, 2.24) is 5.32 Å². The fraction of sp³-hybridized carbons (Fsp3) is 0.933. The van der Waals surface area contributed by atoms with Gasteiger partial charge in [-0.15, -0.1) is 0 Å². The number of amides is 1. The van der Waals surface area contributed by atoms with E-state index in [1.165, 1.54) is 12.8 Å². The maximum Gasteiger partial charge on any atom is 0.407 e. The molecular weight excluding hydrogens is 240 g/mol. The molecule has 1 aliphatic carbocycles. The van der Waals surface area contributed by atoms with Crippen molar-refractivity contribution in [2.24, 2.45) is 17.1 Å². The Labute approximate surface area is 117 Å². The largest absolute Gasteiger partial charge is 0.444 e. The minimum atomic E-state index is -0.461. The van der Waals surface area contributed by atoms with E-state index in [9.17, 15) is 4.79 Å². The number of rotatable bonds is 4. The molecule has 1 rings (SSSR count). The summed E-state index contributed by atoms with van der Waals surface area (Å²) in [5, 5.41) is 3.07. The number of alkyl carbamates (subject to hydrolysis) is 1. The van der Waals surface area contributed by atoms with E-state index in [2.05, 4.69) is 19.2 Å². The van der Waals surface area contributed by atoms with Crippen LogP contribution in [0.4, 0.5) is 4.79 Å². The Morgan fingerprint density at radius 3 is 2.21 bits per heavy atom. The predicted molar refractivity (Wildman–Crippen MR) is 78.0 cm³/mol. The highest BCUT2D eigenvalue weighted by Crippen LogP contribution is 2.42. The van der Waals surface area contributed by atoms with Gasteiger partial charge in [0.05, 0.1) is 0 Å². The van der Waals surface area contributed by atoms with Crippen molar-refractivity contribution in [2.45, 2.75) is 71.9 Å². The first-order valence-electron chi connectivity index (χ1n) is 7.40. The van der Waals surface area contributed by atoms with Gasteiger partial charge in [0, 0.05) is 11.5 Å². The molecule has 112 valence electrons. The number of nitrogens with two attached hydrogens (primary N) is 1. The smallest absolute Gasteiger partial charge is 0.407 e. The summed E-state index contributed by atoms with van der Waals surface area (Å²) in [7, 11) is 0. The molecule has 1 unspecified atom stereocenters. The van der Waals surface area contributed by atoms with Crippen LogP contribution in [-0.2, 0) is 4.74 Å². The summed E-state index contributed by atoms with van der Waals surface area (Å²) in [4.78, 5) is 12.0. The fourth-order valence-electron chi connectivity index (χ4n) is 3.18. The molecule has 0 bridgehead atoms. The normalized spacial score (nSPS) is 20.4. The zero-order valence-corrected chi connectivity index (χ0v) is 13.1. The first kappa shape index (κ1) is 16.3. The molecule has 1 amide bonds. The molecule has 1 atom stereocenters. The van der Waals surface area contributed by atoms with Crippen LogP contribution in [-0.4, -0.2) is 24.3 Å². The monoisotopic (exact) mass is 270 g/mol. The second-order valence-corrected chi connectivity index (χ2v) is 7.14. The lowest BCUT2D eigenvalue weighted by Crippen LogP contribution is -2.53. The van der Waals surface area contributed by atoms with Gasteiger partial charge < -0.3 is 15.8 Å². The standard InChI is InChI=1S/C15H30N2O2/c1-11(2)12(15(10-16)8-6-7-9-15)17-13(18)19-14(3,4)5/h11-12H,6-10,16H2,1-5H3,(H,17,18). The zero-order chi connectivity index (χ0) is 14.7. The molecule has 0 aromatic rings. The van der Waals surface area contributed by atoms with Crippen molar-refractivity contribution in [3.8, 4) is 0 Å². The maximum absolute atomic E-state index is 12.0. The van der Waals surface area contributed by atoms with E-state index in [0.29, 0.717) is 12.5 Å². The van der Waals surface area contributed by atoms with E-state index in [1.54, 1.807) is 0 Å². The van der Waals surface area contributed by atoms with E-state index < -0.39 is 5.60 Å². The minimum absolute atomic E-state index is 0.0467. The lowest BCUT2D eigenvalue weighted by Gasteiger charge is -2.40. The van der Waals surface area contributed by atoms with Gasteiger partial charge in [0.1, 0.15) is 5.60 Å². The molecule has 3 N–H and O–H groups in total. The van der Waals surface area contributed by atoms with Crippen LogP contribution in [0.1, 0.15) is 60.3 Å². The average molecular weight is 270 g/mol. The molecule has 1 aliphatic rings. The van der Waals surface area contributed by atoms with E-state index in [-0.39, 0.29) is 17.6 Å². The highest BCUT2D eigenvalue weighted by molar-refractivity contribution is 5.68. The molecular formula is C15H30N2O2. The van der Waals surface area contributed by atoms with Crippen molar-refractivity contribution in [2.75, 3.05) is 6.54 Å². The minimum Gasteiger partial charge on any atom is -0.444 e. The van der Waals surface area contributed by atoms with Crippen LogP contribution >= 0.6 is 0 Å². The molecule has 4 heteroatoms. The van der Waals surface area contributed by atoms with E-state index in [4.69, 9.17) is 10.5 Å². The van der Waals surface area contributed by atoms with Gasteiger partial charge in [0.15, 0.2) is 0 Å². The Morgan fingerprint density at radius 1 is 1.32 bits per heavy atom. The topological polar surface area (TPSA) is 64.3 Å². The van der Waals surface area contributed by atoms with Crippen molar-refractivity contribution in [3.63, 3.8) is 0 Å². The Hall–Kier alpha value is -0.770. The number of nitrogens with one attached hydrogen (secondary N) is 1. The van der Waals surface area contributed by atoms with Gasteiger partial charge in [0.25, 0.3) is 0 Å². The molecule has 1 fully saturated rings. The number of hydrogen-bond acceptors (Lipinski definition) is 3. The van der Waals surface area contributed by atoms with E-state index >= 15 is 0 Å². The molecule has 0 radical (unpaired) electrons. The quantitative estimate of drug-likeness (QED) is 0.825. The van der Waals surface area contributed by atoms with Crippen LogP contribution < -0.4 is 11.1 Å². The summed E-state index contributed by atoms with van der Waals surface area (Å²) in [6, 6.07) is 0.0925. The lowest BCUT2D eigenvalue weighted by molar-refractivity contribution is 0.0407. The molecule has 0 aliphatic heterocycles. The molecule has 0 aromatic heterocycles.